The van der Waals surface area contributed by atoms with Crippen molar-refractivity contribution in [2.75, 3.05) is 0 Å². The van der Waals surface area contributed by atoms with Gasteiger partial charge < -0.3 is 0 Å². The molecule has 2 rings (SSSR count). The molecule has 0 aromatic rings. The molecule has 0 radical (unpaired) electrons. The van der Waals surface area contributed by atoms with Crippen LogP contribution >= 0.6 is 0 Å². The van der Waals surface area contributed by atoms with Crippen molar-refractivity contribution in [3.63, 3.8) is 0 Å². The summed E-state index contributed by atoms with van der Waals surface area (Å²) >= 11 is 0. The highest BCUT2D eigenvalue weighted by Gasteiger charge is 2.14. The van der Waals surface area contributed by atoms with Crippen molar-refractivity contribution in [2.24, 2.45) is 0 Å². The van der Waals surface area contributed by atoms with Crippen LogP contribution in [0.1, 0.15) is 5.56 Å². The van der Waals surface area contributed by atoms with Gasteiger partial charge >= 0.3 is 0 Å². The van der Waals surface area contributed by atoms with E-state index in [1.165, 1.54) is 22.7 Å². The van der Waals surface area contributed by atoms with Crippen molar-refractivity contribution in [2.45, 2.75) is 25.7 Å². The molecule has 0 fully saturated rings. The van der Waals surface area contributed by atoms with Gasteiger partial charge in [0.05, 0.1) is 0 Å². The lowest BCUT2D eigenvalue weighted by Crippen LogP contribution is -2.23. The van der Waals surface area contributed by atoms with Gasteiger partial charge in [-0.3, -0.25) is 0 Å². The average molecular weight is 201 g/mol. The second-order valence-corrected chi connectivity index (χ2v) is 10.7. The molecule has 0 atom stereocenters. The zero-order valence-corrected chi connectivity index (χ0v) is 10.2. The van der Waals surface area contributed by atoms with Gasteiger partial charge in [-0.15, -0.1) is 17.2 Å². The minimum atomic E-state index is -0.961. The fourth-order valence-electron chi connectivity index (χ4n) is 1.93. The van der Waals surface area contributed by atoms with Crippen LogP contribution in [-0.2, 0) is 6.04 Å². The summed E-state index contributed by atoms with van der Waals surface area (Å²) in [4.78, 5) is 0. The van der Waals surface area contributed by atoms with Crippen LogP contribution in [-0.4, -0.2) is 8.07 Å². The zero-order valence-electron chi connectivity index (χ0n) is 9.17. The molecule has 0 saturated heterocycles. The van der Waals surface area contributed by atoms with Crippen LogP contribution < -0.4 is 0 Å². The summed E-state index contributed by atoms with van der Waals surface area (Å²) in [5, 5.41) is 0. The SMILES string of the molecule is C[Si](C)(C)Cc1cc2cc[cH-]cc-2c1. The molecule has 0 spiro atoms. The maximum Gasteiger partial charge on any atom is 0.0486 e. The molecular weight excluding hydrogens is 184 g/mol. The quantitative estimate of drug-likeness (QED) is 0.510. The van der Waals surface area contributed by atoms with Gasteiger partial charge in [0.15, 0.2) is 0 Å². The molecule has 0 aromatic heterocycles. The predicted molar refractivity (Wildman–Crippen MR) is 65.7 cm³/mol. The second-order valence-electron chi connectivity index (χ2n) is 5.23. The predicted octanol–water partition coefficient (Wildman–Crippen LogP) is 3.93. The fourth-order valence-corrected chi connectivity index (χ4v) is 3.36. The van der Waals surface area contributed by atoms with E-state index in [9.17, 15) is 0 Å². The van der Waals surface area contributed by atoms with Crippen LogP contribution in [0, 0.1) is 0 Å². The van der Waals surface area contributed by atoms with Crippen LogP contribution in [0.25, 0.3) is 11.1 Å². The molecule has 1 heteroatoms. The molecule has 0 nitrogen and oxygen atoms in total. The topological polar surface area (TPSA) is 0 Å². The number of rotatable bonds is 2. The van der Waals surface area contributed by atoms with E-state index in [-0.39, 0.29) is 0 Å². The molecule has 0 aromatic carbocycles. The van der Waals surface area contributed by atoms with Gasteiger partial charge in [0, 0.05) is 8.07 Å². The molecule has 0 N–H and O–H groups in total. The second kappa shape index (κ2) is 3.32. The highest BCUT2D eigenvalue weighted by Crippen LogP contribution is 2.27. The third-order valence-electron chi connectivity index (χ3n) is 2.41. The molecule has 0 aliphatic heterocycles. The first-order valence-corrected chi connectivity index (χ1v) is 8.90. The fraction of sp³-hybridized carbons (Fsp3) is 0.308. The lowest BCUT2D eigenvalue weighted by molar-refractivity contribution is 1.34. The summed E-state index contributed by atoms with van der Waals surface area (Å²) in [6, 6.07) is 14.6. The first kappa shape index (κ1) is 9.60. The van der Waals surface area contributed by atoms with Crippen LogP contribution in [0.4, 0.5) is 0 Å². The molecule has 0 saturated carbocycles. The van der Waals surface area contributed by atoms with Gasteiger partial charge in [-0.25, -0.2) is 0 Å². The average Bonchev–Trinajstić information content (AvgIpc) is 2.42. The first-order valence-electron chi connectivity index (χ1n) is 5.19. The summed E-state index contributed by atoms with van der Waals surface area (Å²) in [5.74, 6) is 0. The van der Waals surface area contributed by atoms with Gasteiger partial charge in [-0.1, -0.05) is 31.3 Å². The zero-order chi connectivity index (χ0) is 10.2. The van der Waals surface area contributed by atoms with Gasteiger partial charge in [0.2, 0.25) is 0 Å². The van der Waals surface area contributed by atoms with Crippen molar-refractivity contribution in [3.8, 4) is 11.1 Å². The standard InChI is InChI=1S/C13H17Si/c1-14(2,3)10-11-8-12-6-4-5-7-13(12)9-11/h4-9H,10H2,1-3H3/q-1. The summed E-state index contributed by atoms with van der Waals surface area (Å²) in [7, 11) is -0.961. The molecule has 74 valence electrons. The van der Waals surface area contributed by atoms with E-state index in [1.807, 2.05) is 0 Å². The first-order chi connectivity index (χ1) is 6.54. The van der Waals surface area contributed by atoms with Gasteiger partial charge in [0.1, 0.15) is 0 Å². The summed E-state index contributed by atoms with van der Waals surface area (Å²) in [6.07, 6.45) is 0. The summed E-state index contributed by atoms with van der Waals surface area (Å²) < 4.78 is 0. The van der Waals surface area contributed by atoms with E-state index < -0.39 is 8.07 Å². The van der Waals surface area contributed by atoms with E-state index in [0.29, 0.717) is 0 Å². The molecule has 0 heterocycles. The number of hydrogen-bond acceptors (Lipinski definition) is 0. The van der Waals surface area contributed by atoms with Crippen molar-refractivity contribution in [1.29, 1.82) is 0 Å². The Hall–Kier alpha value is -0.953. The smallest absolute Gasteiger partial charge is 0.0486 e. The summed E-state index contributed by atoms with van der Waals surface area (Å²) in [5.41, 5.74) is 4.30. The number of fused-ring (bicyclic) bond motifs is 1. The van der Waals surface area contributed by atoms with Crippen molar-refractivity contribution in [1.82, 2.24) is 0 Å². The van der Waals surface area contributed by atoms with E-state index in [2.05, 4.69) is 56.0 Å². The minimum Gasteiger partial charge on any atom is -0.172 e. The largest absolute Gasteiger partial charge is 0.172 e. The Kier molecular flexibility index (Phi) is 2.27. The molecule has 0 bridgehead atoms. The number of benzene rings is 1. The Morgan fingerprint density at radius 2 is 1.86 bits per heavy atom. The monoisotopic (exact) mass is 201 g/mol. The van der Waals surface area contributed by atoms with Crippen molar-refractivity contribution < 1.29 is 0 Å². The van der Waals surface area contributed by atoms with E-state index >= 15 is 0 Å². The normalized spacial score (nSPS) is 12.2. The molecule has 0 unspecified atom stereocenters. The Bertz CT molecular complexity index is 362. The lowest BCUT2D eigenvalue weighted by Gasteiger charge is -2.14. The minimum absolute atomic E-state index is 0.961. The molecular formula is C13H17Si-. The third kappa shape index (κ3) is 2.10. The molecule has 14 heavy (non-hydrogen) atoms. The lowest BCUT2D eigenvalue weighted by atomic mass is 10.1. The Morgan fingerprint density at radius 3 is 2.50 bits per heavy atom. The maximum atomic E-state index is 2.42. The van der Waals surface area contributed by atoms with Crippen molar-refractivity contribution >= 4 is 8.07 Å². The molecule has 2 aliphatic rings. The third-order valence-corrected chi connectivity index (χ3v) is 3.88. The Balaban J connectivity index is 2.33. The van der Waals surface area contributed by atoms with E-state index in [1.54, 1.807) is 0 Å². The number of hydrogen-bond donors (Lipinski definition) is 0. The van der Waals surface area contributed by atoms with Gasteiger partial charge in [-0.2, -0.15) is 24.3 Å². The molecule has 2 aliphatic carbocycles. The highest BCUT2D eigenvalue weighted by atomic mass is 28.3. The highest BCUT2D eigenvalue weighted by molar-refractivity contribution is 6.75. The maximum absolute atomic E-state index is 2.42. The van der Waals surface area contributed by atoms with Gasteiger partial charge in [0.25, 0.3) is 0 Å². The van der Waals surface area contributed by atoms with E-state index in [0.717, 1.165) is 0 Å². The van der Waals surface area contributed by atoms with Crippen LogP contribution in [0.15, 0.2) is 36.4 Å². The van der Waals surface area contributed by atoms with E-state index in [4.69, 9.17) is 0 Å². The van der Waals surface area contributed by atoms with Crippen LogP contribution in [0.5, 0.6) is 0 Å². The Labute approximate surface area is 87.3 Å². The van der Waals surface area contributed by atoms with Crippen LogP contribution in [0.3, 0.4) is 0 Å². The van der Waals surface area contributed by atoms with Crippen molar-refractivity contribution in [3.05, 3.63) is 42.0 Å². The Morgan fingerprint density at radius 1 is 1.14 bits per heavy atom. The van der Waals surface area contributed by atoms with Crippen LogP contribution in [0.2, 0.25) is 19.6 Å². The molecule has 0 amide bonds. The van der Waals surface area contributed by atoms with Gasteiger partial charge in [-0.05, 0) is 6.04 Å². The summed E-state index contributed by atoms with van der Waals surface area (Å²) in [6.45, 7) is 7.26.